The Kier molecular flexibility index (Phi) is 3.72. The molecule has 4 nitrogen and oxygen atoms in total. The van der Waals surface area contributed by atoms with Gasteiger partial charge in [0, 0.05) is 18.8 Å². The van der Waals surface area contributed by atoms with Crippen molar-refractivity contribution in [1.82, 2.24) is 5.32 Å². The van der Waals surface area contributed by atoms with Crippen LogP contribution in [0.2, 0.25) is 0 Å². The van der Waals surface area contributed by atoms with Gasteiger partial charge >= 0.3 is 0 Å². The Morgan fingerprint density at radius 3 is 3.00 bits per heavy atom. The third-order valence-electron chi connectivity index (χ3n) is 3.44. The summed E-state index contributed by atoms with van der Waals surface area (Å²) in [5, 5.41) is 3.36. The predicted molar refractivity (Wildman–Crippen MR) is 81.0 cm³/mol. The number of benzene rings is 1. The number of rotatable bonds is 3. The number of anilines is 1. The van der Waals surface area contributed by atoms with Crippen molar-refractivity contribution < 1.29 is 4.42 Å². The van der Waals surface area contributed by atoms with E-state index in [4.69, 9.17) is 4.42 Å². The van der Waals surface area contributed by atoms with Gasteiger partial charge in [-0.25, -0.2) is 4.99 Å². The lowest BCUT2D eigenvalue weighted by Crippen LogP contribution is -2.40. The average molecular weight is 269 g/mol. The number of nitrogens with one attached hydrogen (secondary N) is 1. The largest absolute Gasteiger partial charge is 0.467 e. The predicted octanol–water partition coefficient (Wildman–Crippen LogP) is 2.81. The number of hydrogen-bond donors (Lipinski definition) is 1. The molecule has 2 heterocycles. The molecule has 0 radical (unpaired) electrons. The standard InChI is InChI=1S/C16H19N3O/c1-2-17-16(18-12-14-7-5-11-20-14)19-10-9-13-6-3-4-8-15(13)19/h3-8,11H,2,9-10,12H2,1H3,(H,17,18). The Balaban J connectivity index is 1.82. The molecule has 1 aromatic heterocycles. The van der Waals surface area contributed by atoms with Crippen LogP contribution in [0.1, 0.15) is 18.2 Å². The number of furan rings is 1. The van der Waals surface area contributed by atoms with Gasteiger partial charge in [0.25, 0.3) is 0 Å². The minimum atomic E-state index is 0.563. The normalized spacial score (nSPS) is 14.4. The van der Waals surface area contributed by atoms with E-state index in [1.165, 1.54) is 11.3 Å². The number of aliphatic imine (C=N–C) groups is 1. The Morgan fingerprint density at radius 2 is 2.20 bits per heavy atom. The molecule has 0 aliphatic carbocycles. The zero-order valence-electron chi connectivity index (χ0n) is 11.7. The molecule has 0 spiro atoms. The van der Waals surface area contributed by atoms with Gasteiger partial charge in [-0.3, -0.25) is 0 Å². The van der Waals surface area contributed by atoms with Crippen LogP contribution < -0.4 is 10.2 Å². The minimum absolute atomic E-state index is 0.563. The quantitative estimate of drug-likeness (QED) is 0.688. The first kappa shape index (κ1) is 12.8. The second-order valence-corrected chi connectivity index (χ2v) is 4.78. The molecule has 1 aliphatic heterocycles. The van der Waals surface area contributed by atoms with Crippen molar-refractivity contribution in [2.45, 2.75) is 19.9 Å². The van der Waals surface area contributed by atoms with Crippen LogP contribution in [0.25, 0.3) is 0 Å². The van der Waals surface area contributed by atoms with Gasteiger partial charge in [0.15, 0.2) is 5.96 Å². The maximum atomic E-state index is 5.34. The van der Waals surface area contributed by atoms with Crippen LogP contribution in [0.4, 0.5) is 5.69 Å². The van der Waals surface area contributed by atoms with Crippen LogP contribution in [0, 0.1) is 0 Å². The molecular formula is C16H19N3O. The van der Waals surface area contributed by atoms with Crippen molar-refractivity contribution >= 4 is 11.6 Å². The van der Waals surface area contributed by atoms with Crippen molar-refractivity contribution in [3.63, 3.8) is 0 Å². The van der Waals surface area contributed by atoms with Crippen LogP contribution >= 0.6 is 0 Å². The van der Waals surface area contributed by atoms with Gasteiger partial charge < -0.3 is 14.6 Å². The topological polar surface area (TPSA) is 40.8 Å². The highest BCUT2D eigenvalue weighted by Gasteiger charge is 2.22. The fourth-order valence-electron chi connectivity index (χ4n) is 2.51. The summed E-state index contributed by atoms with van der Waals surface area (Å²) in [6.07, 6.45) is 2.75. The van der Waals surface area contributed by atoms with Gasteiger partial charge in [-0.05, 0) is 37.1 Å². The number of fused-ring (bicyclic) bond motifs is 1. The van der Waals surface area contributed by atoms with E-state index in [0.29, 0.717) is 6.54 Å². The Morgan fingerprint density at radius 1 is 1.30 bits per heavy atom. The second-order valence-electron chi connectivity index (χ2n) is 4.78. The fourth-order valence-corrected chi connectivity index (χ4v) is 2.51. The Bertz CT molecular complexity index is 590. The van der Waals surface area contributed by atoms with E-state index in [-0.39, 0.29) is 0 Å². The van der Waals surface area contributed by atoms with Crippen molar-refractivity contribution in [2.24, 2.45) is 4.99 Å². The number of guanidine groups is 1. The van der Waals surface area contributed by atoms with Crippen LogP contribution in [0.3, 0.4) is 0 Å². The first-order valence-corrected chi connectivity index (χ1v) is 7.04. The molecule has 0 atom stereocenters. The molecule has 0 saturated heterocycles. The highest BCUT2D eigenvalue weighted by Crippen LogP contribution is 2.27. The number of para-hydroxylation sites is 1. The molecular weight excluding hydrogens is 250 g/mol. The summed E-state index contributed by atoms with van der Waals surface area (Å²) in [4.78, 5) is 6.93. The monoisotopic (exact) mass is 269 g/mol. The molecule has 2 aromatic rings. The molecule has 1 aliphatic rings. The smallest absolute Gasteiger partial charge is 0.198 e. The molecule has 1 aromatic carbocycles. The molecule has 1 N–H and O–H groups in total. The lowest BCUT2D eigenvalue weighted by Gasteiger charge is -2.22. The third-order valence-corrected chi connectivity index (χ3v) is 3.44. The van der Waals surface area contributed by atoms with Crippen molar-refractivity contribution in [1.29, 1.82) is 0 Å². The summed E-state index contributed by atoms with van der Waals surface area (Å²) in [6, 6.07) is 12.4. The summed E-state index contributed by atoms with van der Waals surface area (Å²) >= 11 is 0. The van der Waals surface area contributed by atoms with Crippen LogP contribution in [-0.2, 0) is 13.0 Å². The molecule has 0 fully saturated rings. The van der Waals surface area contributed by atoms with Crippen LogP contribution in [-0.4, -0.2) is 19.0 Å². The summed E-state index contributed by atoms with van der Waals surface area (Å²) in [5.74, 6) is 1.81. The summed E-state index contributed by atoms with van der Waals surface area (Å²) in [5.41, 5.74) is 2.64. The van der Waals surface area contributed by atoms with Gasteiger partial charge in [-0.15, -0.1) is 0 Å². The number of hydrogen-bond acceptors (Lipinski definition) is 2. The molecule has 0 unspecified atom stereocenters. The lowest BCUT2D eigenvalue weighted by molar-refractivity contribution is 0.512. The van der Waals surface area contributed by atoms with Crippen molar-refractivity contribution in [3.05, 3.63) is 54.0 Å². The van der Waals surface area contributed by atoms with Gasteiger partial charge in [-0.2, -0.15) is 0 Å². The highest BCUT2D eigenvalue weighted by atomic mass is 16.3. The molecule has 3 rings (SSSR count). The van der Waals surface area contributed by atoms with E-state index >= 15 is 0 Å². The molecule has 4 heteroatoms. The van der Waals surface area contributed by atoms with E-state index in [0.717, 1.165) is 31.2 Å². The Hall–Kier alpha value is -2.23. The van der Waals surface area contributed by atoms with Gasteiger partial charge in [0.1, 0.15) is 12.3 Å². The summed E-state index contributed by atoms with van der Waals surface area (Å²) in [7, 11) is 0. The molecule has 0 bridgehead atoms. The zero-order valence-corrected chi connectivity index (χ0v) is 11.7. The summed E-state index contributed by atoms with van der Waals surface area (Å²) in [6.45, 7) is 4.48. The molecule has 20 heavy (non-hydrogen) atoms. The molecule has 0 amide bonds. The van der Waals surface area contributed by atoms with Crippen LogP contribution in [0.5, 0.6) is 0 Å². The van der Waals surface area contributed by atoms with E-state index < -0.39 is 0 Å². The SMILES string of the molecule is CCNC(=NCc1ccco1)N1CCc2ccccc21. The van der Waals surface area contributed by atoms with Crippen molar-refractivity contribution in [2.75, 3.05) is 18.0 Å². The third kappa shape index (κ3) is 2.54. The average Bonchev–Trinajstić information content (AvgIpc) is 3.13. The van der Waals surface area contributed by atoms with Crippen molar-refractivity contribution in [3.8, 4) is 0 Å². The maximum Gasteiger partial charge on any atom is 0.198 e. The first-order valence-electron chi connectivity index (χ1n) is 7.04. The lowest BCUT2D eigenvalue weighted by atomic mass is 10.2. The van der Waals surface area contributed by atoms with E-state index in [1.54, 1.807) is 6.26 Å². The maximum absolute atomic E-state index is 5.34. The van der Waals surface area contributed by atoms with E-state index in [1.807, 2.05) is 12.1 Å². The Labute approximate surface area is 119 Å². The first-order chi connectivity index (χ1) is 9.88. The van der Waals surface area contributed by atoms with E-state index in [2.05, 4.69) is 46.4 Å². The second kappa shape index (κ2) is 5.82. The van der Waals surface area contributed by atoms with Gasteiger partial charge in [-0.1, -0.05) is 18.2 Å². The molecule has 104 valence electrons. The number of nitrogens with zero attached hydrogens (tertiary/aromatic N) is 2. The van der Waals surface area contributed by atoms with Gasteiger partial charge in [0.05, 0.1) is 6.26 Å². The fraction of sp³-hybridized carbons (Fsp3) is 0.312. The van der Waals surface area contributed by atoms with Crippen LogP contribution in [0.15, 0.2) is 52.1 Å². The molecule has 0 saturated carbocycles. The highest BCUT2D eigenvalue weighted by molar-refractivity contribution is 5.97. The zero-order chi connectivity index (χ0) is 13.8. The van der Waals surface area contributed by atoms with Gasteiger partial charge in [0.2, 0.25) is 0 Å². The summed E-state index contributed by atoms with van der Waals surface area (Å²) < 4.78 is 5.34. The minimum Gasteiger partial charge on any atom is -0.467 e. The van der Waals surface area contributed by atoms with E-state index in [9.17, 15) is 0 Å².